The minimum absolute atomic E-state index is 0.541. The number of aromatic nitrogens is 3. The van der Waals surface area contributed by atoms with E-state index in [9.17, 15) is 5.26 Å². The average Bonchev–Trinajstić information content (AvgIpc) is 3.23. The van der Waals surface area contributed by atoms with Gasteiger partial charge in [0.25, 0.3) is 0 Å². The zero-order chi connectivity index (χ0) is 34.9. The van der Waals surface area contributed by atoms with Crippen molar-refractivity contribution in [1.82, 2.24) is 15.0 Å². The van der Waals surface area contributed by atoms with Gasteiger partial charge in [-0.3, -0.25) is 0 Å². The molecule has 7 aromatic carbocycles. The maximum Gasteiger partial charge on any atom is 0.164 e. The third-order valence-corrected chi connectivity index (χ3v) is 9.70. The van der Waals surface area contributed by atoms with Crippen molar-refractivity contribution in [1.29, 1.82) is 5.26 Å². The van der Waals surface area contributed by atoms with Crippen molar-refractivity contribution >= 4 is 0 Å². The number of para-hydroxylation sites is 1. The van der Waals surface area contributed by atoms with E-state index in [0.717, 1.165) is 61.6 Å². The Kier molecular flexibility index (Phi) is 7.68. The third kappa shape index (κ3) is 5.31. The van der Waals surface area contributed by atoms with Gasteiger partial charge in [-0.2, -0.15) is 5.26 Å². The van der Waals surface area contributed by atoms with Crippen molar-refractivity contribution in [3.8, 4) is 62.9 Å². The molecule has 244 valence electrons. The molecule has 0 atom stereocenters. The summed E-state index contributed by atoms with van der Waals surface area (Å²) in [6, 6.07) is 64.0. The summed E-state index contributed by atoms with van der Waals surface area (Å²) >= 11 is 0. The van der Waals surface area contributed by atoms with Gasteiger partial charge >= 0.3 is 0 Å². The molecular formula is C47H30N4O. The summed E-state index contributed by atoms with van der Waals surface area (Å²) in [4.78, 5) is 14.8. The highest BCUT2D eigenvalue weighted by Gasteiger charge is 2.45. The van der Waals surface area contributed by atoms with Gasteiger partial charge in [-0.15, -0.1) is 0 Å². The normalized spacial score (nSPS) is 12.5. The van der Waals surface area contributed by atoms with Crippen LogP contribution in [0.3, 0.4) is 0 Å². The van der Waals surface area contributed by atoms with Gasteiger partial charge in [-0.25, -0.2) is 15.0 Å². The number of ether oxygens (including phenoxy) is 1. The highest BCUT2D eigenvalue weighted by Crippen LogP contribution is 2.55. The Balaban J connectivity index is 1.21. The van der Waals surface area contributed by atoms with E-state index < -0.39 is 5.41 Å². The van der Waals surface area contributed by atoms with Crippen molar-refractivity contribution in [3.05, 3.63) is 210 Å². The number of nitrogens with zero attached hydrogens (tertiary/aromatic N) is 4. The summed E-state index contributed by atoms with van der Waals surface area (Å²) in [5.74, 6) is 3.35. The molecule has 0 saturated heterocycles. The quantitative estimate of drug-likeness (QED) is 0.177. The number of benzene rings is 7. The van der Waals surface area contributed by atoms with Crippen molar-refractivity contribution < 1.29 is 4.74 Å². The molecule has 0 saturated carbocycles. The number of fused-ring (bicyclic) bond motifs is 2. The summed E-state index contributed by atoms with van der Waals surface area (Å²) in [6.45, 7) is 0. The lowest BCUT2D eigenvalue weighted by atomic mass is 9.63. The predicted molar refractivity (Wildman–Crippen MR) is 205 cm³/mol. The third-order valence-electron chi connectivity index (χ3n) is 9.70. The van der Waals surface area contributed by atoms with Crippen LogP contribution in [-0.4, -0.2) is 15.0 Å². The molecule has 5 nitrogen and oxygen atoms in total. The second-order valence-corrected chi connectivity index (χ2v) is 12.7. The molecule has 0 bridgehead atoms. The van der Waals surface area contributed by atoms with Crippen LogP contribution in [-0.2, 0) is 5.41 Å². The van der Waals surface area contributed by atoms with E-state index in [1.165, 1.54) is 0 Å². The summed E-state index contributed by atoms with van der Waals surface area (Å²) < 4.78 is 6.64. The topological polar surface area (TPSA) is 71.7 Å². The van der Waals surface area contributed by atoms with E-state index >= 15 is 0 Å². The van der Waals surface area contributed by atoms with Gasteiger partial charge in [0, 0.05) is 27.8 Å². The fraction of sp³-hybridized carbons (Fsp3) is 0.0213. The van der Waals surface area contributed by atoms with Crippen molar-refractivity contribution in [2.24, 2.45) is 0 Å². The zero-order valence-electron chi connectivity index (χ0n) is 28.0. The fourth-order valence-electron chi connectivity index (χ4n) is 7.27. The SMILES string of the molecule is N#Cc1ccc(-c2nc(-c3ccccc3)nc(-c3cccc(-c4ccc5c(c4)C(c4ccccc4)(c4ccccc4)c4ccccc4O5)c3)n2)cc1. The minimum Gasteiger partial charge on any atom is -0.457 e. The standard InChI is InChI=1S/C47H30N4O/c48-31-32-23-25-34(26-24-32)45-49-44(33-13-4-1-5-14-33)50-46(51-45)37-16-12-15-35(29-37)36-27-28-43-41(30-36)47(38-17-6-2-7-18-38,39-19-8-3-9-20-39)40-21-10-11-22-42(40)52-43/h1-30H. The summed E-state index contributed by atoms with van der Waals surface area (Å²) in [6.07, 6.45) is 0. The largest absolute Gasteiger partial charge is 0.457 e. The van der Waals surface area contributed by atoms with Gasteiger partial charge in [0.1, 0.15) is 11.5 Å². The van der Waals surface area contributed by atoms with Crippen molar-refractivity contribution in [2.75, 3.05) is 0 Å². The molecule has 1 aliphatic rings. The van der Waals surface area contributed by atoms with E-state index in [4.69, 9.17) is 19.7 Å². The Labute approximate surface area is 302 Å². The lowest BCUT2D eigenvalue weighted by Crippen LogP contribution is -2.34. The second kappa shape index (κ2) is 12.9. The van der Waals surface area contributed by atoms with Crippen LogP contribution in [0.2, 0.25) is 0 Å². The van der Waals surface area contributed by atoms with E-state index in [0.29, 0.717) is 23.0 Å². The van der Waals surface area contributed by atoms with Crippen LogP contribution in [0.1, 0.15) is 27.8 Å². The van der Waals surface area contributed by atoms with Crippen LogP contribution in [0, 0.1) is 11.3 Å². The molecule has 5 heteroatoms. The Morgan fingerprint density at radius 1 is 0.404 bits per heavy atom. The molecule has 0 spiro atoms. The van der Waals surface area contributed by atoms with Crippen LogP contribution in [0.5, 0.6) is 11.5 Å². The monoisotopic (exact) mass is 666 g/mol. The first-order chi connectivity index (χ1) is 25.7. The molecule has 0 fully saturated rings. The Morgan fingerprint density at radius 3 is 1.54 bits per heavy atom. The first kappa shape index (κ1) is 30.9. The summed E-state index contributed by atoms with van der Waals surface area (Å²) in [7, 11) is 0. The van der Waals surface area contributed by atoms with Crippen molar-refractivity contribution in [3.63, 3.8) is 0 Å². The van der Waals surface area contributed by atoms with Crippen LogP contribution >= 0.6 is 0 Å². The van der Waals surface area contributed by atoms with Crippen LogP contribution in [0.25, 0.3) is 45.3 Å². The van der Waals surface area contributed by atoms with E-state index in [1.807, 2.05) is 60.7 Å². The first-order valence-corrected chi connectivity index (χ1v) is 17.2. The van der Waals surface area contributed by atoms with Crippen LogP contribution in [0.15, 0.2) is 182 Å². The van der Waals surface area contributed by atoms with Gasteiger partial charge in [0.05, 0.1) is 17.0 Å². The smallest absolute Gasteiger partial charge is 0.164 e. The van der Waals surface area contributed by atoms with Gasteiger partial charge in [0.2, 0.25) is 0 Å². The lowest BCUT2D eigenvalue weighted by Gasteiger charge is -2.41. The summed E-state index contributed by atoms with van der Waals surface area (Å²) in [5, 5.41) is 9.36. The molecule has 8 aromatic rings. The molecule has 52 heavy (non-hydrogen) atoms. The molecule has 0 amide bonds. The minimum atomic E-state index is -0.616. The van der Waals surface area contributed by atoms with E-state index in [2.05, 4.69) is 115 Å². The number of hydrogen-bond donors (Lipinski definition) is 0. The van der Waals surface area contributed by atoms with Crippen LogP contribution < -0.4 is 4.74 Å². The Hall–Kier alpha value is -7.16. The number of rotatable bonds is 6. The highest BCUT2D eigenvalue weighted by atomic mass is 16.5. The number of hydrogen-bond acceptors (Lipinski definition) is 5. The Morgan fingerprint density at radius 2 is 0.885 bits per heavy atom. The molecule has 0 aliphatic carbocycles. The lowest BCUT2D eigenvalue weighted by molar-refractivity contribution is 0.434. The maximum absolute atomic E-state index is 9.36. The molecule has 0 unspecified atom stereocenters. The number of nitriles is 1. The predicted octanol–water partition coefficient (Wildman–Crippen LogP) is 10.9. The van der Waals surface area contributed by atoms with Crippen molar-refractivity contribution in [2.45, 2.75) is 5.41 Å². The van der Waals surface area contributed by atoms with Gasteiger partial charge < -0.3 is 4.74 Å². The fourth-order valence-corrected chi connectivity index (χ4v) is 7.27. The first-order valence-electron chi connectivity index (χ1n) is 17.2. The van der Waals surface area contributed by atoms with Crippen LogP contribution in [0.4, 0.5) is 0 Å². The highest BCUT2D eigenvalue weighted by molar-refractivity contribution is 5.77. The molecule has 1 aliphatic heterocycles. The zero-order valence-corrected chi connectivity index (χ0v) is 28.0. The average molecular weight is 667 g/mol. The van der Waals surface area contributed by atoms with Gasteiger partial charge in [-0.1, -0.05) is 133 Å². The molecule has 9 rings (SSSR count). The van der Waals surface area contributed by atoms with Gasteiger partial charge in [-0.05, 0) is 70.8 Å². The summed E-state index contributed by atoms with van der Waals surface area (Å²) in [5.41, 5.74) is 9.10. The Bertz CT molecular complexity index is 2560. The molecule has 0 radical (unpaired) electrons. The van der Waals surface area contributed by atoms with E-state index in [1.54, 1.807) is 12.1 Å². The molecular weight excluding hydrogens is 637 g/mol. The van der Waals surface area contributed by atoms with E-state index in [-0.39, 0.29) is 0 Å². The molecule has 0 N–H and O–H groups in total. The maximum atomic E-state index is 9.36. The van der Waals surface area contributed by atoms with Gasteiger partial charge in [0.15, 0.2) is 17.5 Å². The molecule has 1 aromatic heterocycles. The second-order valence-electron chi connectivity index (χ2n) is 12.7. The molecule has 2 heterocycles.